The van der Waals surface area contributed by atoms with E-state index in [9.17, 15) is 4.79 Å². The van der Waals surface area contributed by atoms with E-state index in [0.717, 1.165) is 5.69 Å². The molecule has 17 heavy (non-hydrogen) atoms. The Hall–Kier alpha value is -1.51. The first-order chi connectivity index (χ1) is 8.04. The highest BCUT2D eigenvalue weighted by molar-refractivity contribution is 5.84. The third-order valence-electron chi connectivity index (χ3n) is 2.70. The minimum atomic E-state index is -0.208. The topological polar surface area (TPSA) is 41.1 Å². The Morgan fingerprint density at radius 2 is 1.76 bits per heavy atom. The Morgan fingerprint density at radius 3 is 2.24 bits per heavy atom. The molecular weight excluding hydrogens is 212 g/mol. The van der Waals surface area contributed by atoms with E-state index in [2.05, 4.69) is 36.6 Å². The molecule has 1 aromatic carbocycles. The average Bonchev–Trinajstić information content (AvgIpc) is 2.30. The number of nitrogens with one attached hydrogen (secondary N) is 2. The Bertz CT molecular complexity index is 357. The van der Waals surface area contributed by atoms with Crippen LogP contribution in [0.25, 0.3) is 0 Å². The first-order valence-electron chi connectivity index (χ1n) is 6.18. The first-order valence-corrected chi connectivity index (χ1v) is 6.18. The van der Waals surface area contributed by atoms with E-state index in [0.29, 0.717) is 12.5 Å². The summed E-state index contributed by atoms with van der Waals surface area (Å²) >= 11 is 0. The number of hydrogen-bond acceptors (Lipinski definition) is 2. The van der Waals surface area contributed by atoms with Crippen molar-refractivity contribution in [1.29, 1.82) is 0 Å². The fourth-order valence-electron chi connectivity index (χ4n) is 1.61. The molecule has 1 amide bonds. The summed E-state index contributed by atoms with van der Waals surface area (Å²) in [6, 6.07) is 8.02. The summed E-state index contributed by atoms with van der Waals surface area (Å²) < 4.78 is 0. The van der Waals surface area contributed by atoms with Crippen molar-refractivity contribution < 1.29 is 4.79 Å². The predicted molar refractivity (Wildman–Crippen MR) is 72.3 cm³/mol. The van der Waals surface area contributed by atoms with Crippen molar-refractivity contribution in [3.63, 3.8) is 0 Å². The van der Waals surface area contributed by atoms with Crippen LogP contribution in [0.15, 0.2) is 24.3 Å². The van der Waals surface area contributed by atoms with Crippen LogP contribution in [0.5, 0.6) is 0 Å². The van der Waals surface area contributed by atoms with Gasteiger partial charge in [-0.25, -0.2) is 0 Å². The Morgan fingerprint density at radius 1 is 1.18 bits per heavy atom. The van der Waals surface area contributed by atoms with Gasteiger partial charge >= 0.3 is 0 Å². The fraction of sp³-hybridized carbons (Fsp3) is 0.500. The van der Waals surface area contributed by atoms with Crippen LogP contribution in [-0.2, 0) is 4.79 Å². The molecule has 3 heteroatoms. The number of carbonyl (C=O) groups is 1. The van der Waals surface area contributed by atoms with Crippen LogP contribution in [0.3, 0.4) is 0 Å². The molecule has 0 aromatic heterocycles. The fourth-order valence-corrected chi connectivity index (χ4v) is 1.61. The lowest BCUT2D eigenvalue weighted by Gasteiger charge is -2.15. The van der Waals surface area contributed by atoms with Crippen LogP contribution in [0.2, 0.25) is 0 Å². The molecule has 0 heterocycles. The number of benzene rings is 1. The average molecular weight is 234 g/mol. The van der Waals surface area contributed by atoms with Crippen molar-refractivity contribution in [2.24, 2.45) is 0 Å². The molecule has 0 aliphatic heterocycles. The molecule has 1 rings (SSSR count). The van der Waals surface area contributed by atoms with Gasteiger partial charge in [0.15, 0.2) is 0 Å². The lowest BCUT2D eigenvalue weighted by molar-refractivity contribution is -0.121. The maximum atomic E-state index is 11.5. The predicted octanol–water partition coefficient (Wildman–Crippen LogP) is 2.75. The van der Waals surface area contributed by atoms with Crippen LogP contribution < -0.4 is 10.6 Å². The zero-order chi connectivity index (χ0) is 12.8. The second-order valence-corrected chi connectivity index (χ2v) is 4.54. The van der Waals surface area contributed by atoms with Crippen molar-refractivity contribution in [3.05, 3.63) is 29.8 Å². The quantitative estimate of drug-likeness (QED) is 0.822. The number of rotatable bonds is 5. The molecule has 0 spiro atoms. The smallest absolute Gasteiger partial charge is 0.242 e. The minimum absolute atomic E-state index is 0.0282. The summed E-state index contributed by atoms with van der Waals surface area (Å²) in [5.41, 5.74) is 2.29. The van der Waals surface area contributed by atoms with Gasteiger partial charge in [0.25, 0.3) is 0 Å². The van der Waals surface area contributed by atoms with E-state index in [-0.39, 0.29) is 11.9 Å². The summed E-state index contributed by atoms with van der Waals surface area (Å²) in [4.78, 5) is 11.5. The van der Waals surface area contributed by atoms with Crippen molar-refractivity contribution in [1.82, 2.24) is 5.32 Å². The van der Waals surface area contributed by atoms with Crippen LogP contribution in [-0.4, -0.2) is 18.5 Å². The van der Waals surface area contributed by atoms with Gasteiger partial charge in [-0.1, -0.05) is 26.0 Å². The van der Waals surface area contributed by atoms with Gasteiger partial charge in [-0.3, -0.25) is 4.79 Å². The van der Waals surface area contributed by atoms with Gasteiger partial charge in [-0.05, 0) is 37.5 Å². The van der Waals surface area contributed by atoms with E-state index in [4.69, 9.17) is 0 Å². The molecule has 1 unspecified atom stereocenters. The van der Waals surface area contributed by atoms with Gasteiger partial charge in [0, 0.05) is 12.2 Å². The summed E-state index contributed by atoms with van der Waals surface area (Å²) in [6.07, 6.45) is 0. The number of carbonyl (C=O) groups excluding carboxylic acids is 1. The van der Waals surface area contributed by atoms with Crippen LogP contribution in [0.1, 0.15) is 39.2 Å². The molecule has 3 nitrogen and oxygen atoms in total. The van der Waals surface area contributed by atoms with Crippen molar-refractivity contribution in [3.8, 4) is 0 Å². The van der Waals surface area contributed by atoms with E-state index >= 15 is 0 Å². The van der Waals surface area contributed by atoms with Gasteiger partial charge in [-0.15, -0.1) is 0 Å². The van der Waals surface area contributed by atoms with Crippen LogP contribution in [0.4, 0.5) is 5.69 Å². The molecule has 94 valence electrons. The van der Waals surface area contributed by atoms with E-state index in [1.54, 1.807) is 0 Å². The second kappa shape index (κ2) is 6.28. The van der Waals surface area contributed by atoms with E-state index in [1.165, 1.54) is 5.56 Å². The Labute approximate surface area is 104 Å². The molecule has 2 N–H and O–H groups in total. The third-order valence-corrected chi connectivity index (χ3v) is 2.70. The molecule has 1 atom stereocenters. The van der Waals surface area contributed by atoms with E-state index < -0.39 is 0 Å². The molecule has 0 aliphatic rings. The zero-order valence-electron chi connectivity index (χ0n) is 11.1. The van der Waals surface area contributed by atoms with Gasteiger partial charge < -0.3 is 10.6 Å². The first kappa shape index (κ1) is 13.6. The van der Waals surface area contributed by atoms with Crippen molar-refractivity contribution in [2.45, 2.75) is 39.7 Å². The molecule has 0 bridgehead atoms. The lowest BCUT2D eigenvalue weighted by atomic mass is 10.0. The molecule has 0 saturated heterocycles. The summed E-state index contributed by atoms with van der Waals surface area (Å²) in [6.45, 7) is 8.78. The van der Waals surface area contributed by atoms with Gasteiger partial charge in [0.2, 0.25) is 5.91 Å². The summed E-state index contributed by atoms with van der Waals surface area (Å²) in [5, 5.41) is 5.97. The highest BCUT2D eigenvalue weighted by Gasteiger charge is 2.10. The molecule has 0 radical (unpaired) electrons. The summed E-state index contributed by atoms with van der Waals surface area (Å²) in [7, 11) is 0. The molecule has 0 saturated carbocycles. The van der Waals surface area contributed by atoms with Gasteiger partial charge in [0.05, 0.1) is 0 Å². The largest absolute Gasteiger partial charge is 0.374 e. The van der Waals surface area contributed by atoms with E-state index in [1.807, 2.05) is 26.0 Å². The van der Waals surface area contributed by atoms with Crippen LogP contribution in [0, 0.1) is 0 Å². The minimum Gasteiger partial charge on any atom is -0.374 e. The maximum absolute atomic E-state index is 11.5. The standard InChI is InChI=1S/C14H22N2O/c1-5-15-14(17)11(4)16-13-8-6-12(7-9-13)10(2)3/h6-11,16H,5H2,1-4H3,(H,15,17). The molecular formula is C14H22N2O. The third kappa shape index (κ3) is 4.10. The summed E-state index contributed by atoms with van der Waals surface area (Å²) in [5.74, 6) is 0.560. The van der Waals surface area contributed by atoms with Crippen molar-refractivity contribution >= 4 is 11.6 Å². The van der Waals surface area contributed by atoms with Crippen LogP contribution >= 0.6 is 0 Å². The normalized spacial score (nSPS) is 12.3. The Balaban J connectivity index is 2.60. The molecule has 0 aliphatic carbocycles. The zero-order valence-corrected chi connectivity index (χ0v) is 11.1. The van der Waals surface area contributed by atoms with Gasteiger partial charge in [0.1, 0.15) is 6.04 Å². The maximum Gasteiger partial charge on any atom is 0.242 e. The number of hydrogen-bond donors (Lipinski definition) is 2. The highest BCUT2D eigenvalue weighted by Crippen LogP contribution is 2.17. The second-order valence-electron chi connectivity index (χ2n) is 4.54. The highest BCUT2D eigenvalue weighted by atomic mass is 16.2. The number of likely N-dealkylation sites (N-methyl/N-ethyl adjacent to an activating group) is 1. The molecule has 0 fully saturated rings. The molecule has 1 aromatic rings. The van der Waals surface area contributed by atoms with Crippen molar-refractivity contribution in [2.75, 3.05) is 11.9 Å². The SMILES string of the molecule is CCNC(=O)C(C)Nc1ccc(C(C)C)cc1. The van der Waals surface area contributed by atoms with Gasteiger partial charge in [-0.2, -0.15) is 0 Å². The monoisotopic (exact) mass is 234 g/mol. The lowest BCUT2D eigenvalue weighted by Crippen LogP contribution is -2.37. The number of anilines is 1. The number of amides is 1. The Kier molecular flexibility index (Phi) is 5.01.